The van der Waals surface area contributed by atoms with Crippen molar-refractivity contribution in [3.05, 3.63) is 41.7 Å². The van der Waals surface area contributed by atoms with E-state index in [1.54, 1.807) is 6.92 Å². The number of halogens is 2. The second kappa shape index (κ2) is 7.84. The lowest BCUT2D eigenvalue weighted by Crippen LogP contribution is -2.38. The molecule has 2 atom stereocenters. The maximum absolute atomic E-state index is 14.3. The molecule has 0 radical (unpaired) electrons. The molecule has 0 aromatic carbocycles. The zero-order valence-electron chi connectivity index (χ0n) is 13.9. The second-order valence-corrected chi connectivity index (χ2v) is 5.61. The fourth-order valence-electron chi connectivity index (χ4n) is 2.27. The average molecular weight is 350 g/mol. The van der Waals surface area contributed by atoms with E-state index in [0.717, 1.165) is 18.3 Å². The normalized spacial score (nSPS) is 13.2. The molecule has 2 aromatic rings. The molecule has 0 saturated heterocycles. The lowest BCUT2D eigenvalue weighted by atomic mass is 10.1. The number of carbonyl (C=O) groups is 1. The Morgan fingerprint density at radius 1 is 1.28 bits per heavy atom. The van der Waals surface area contributed by atoms with Crippen LogP contribution in [0.25, 0.3) is 0 Å². The van der Waals surface area contributed by atoms with E-state index in [9.17, 15) is 13.6 Å². The Balaban J connectivity index is 2.42. The fourth-order valence-corrected chi connectivity index (χ4v) is 2.27. The SMILES string of the molecule is CC[C@@H](Nc1nc(Nc2cncc(F)c2)c(C(N)=O)cc1F)[C@H](C)N. The van der Waals surface area contributed by atoms with Crippen LogP contribution in [-0.4, -0.2) is 28.0 Å². The van der Waals surface area contributed by atoms with Gasteiger partial charge in [0.25, 0.3) is 5.91 Å². The summed E-state index contributed by atoms with van der Waals surface area (Å²) in [6.07, 6.45) is 3.01. The van der Waals surface area contributed by atoms with E-state index in [4.69, 9.17) is 11.5 Å². The molecule has 134 valence electrons. The number of pyridine rings is 2. The van der Waals surface area contributed by atoms with Crippen LogP contribution < -0.4 is 22.1 Å². The molecular formula is C16H20F2N6O. The molecule has 0 saturated carbocycles. The summed E-state index contributed by atoms with van der Waals surface area (Å²) in [7, 11) is 0. The smallest absolute Gasteiger partial charge is 0.252 e. The summed E-state index contributed by atoms with van der Waals surface area (Å²) in [5.41, 5.74) is 11.2. The molecule has 25 heavy (non-hydrogen) atoms. The van der Waals surface area contributed by atoms with Crippen LogP contribution in [0.4, 0.5) is 26.1 Å². The van der Waals surface area contributed by atoms with Crippen LogP contribution in [0, 0.1) is 11.6 Å². The molecule has 0 aliphatic rings. The van der Waals surface area contributed by atoms with Gasteiger partial charge in [0.15, 0.2) is 11.6 Å². The molecule has 2 heterocycles. The predicted molar refractivity (Wildman–Crippen MR) is 91.5 cm³/mol. The lowest BCUT2D eigenvalue weighted by molar-refractivity contribution is 0.100. The minimum atomic E-state index is -0.871. The molecule has 2 rings (SSSR count). The number of rotatable bonds is 7. The van der Waals surface area contributed by atoms with Gasteiger partial charge in [-0.1, -0.05) is 6.92 Å². The van der Waals surface area contributed by atoms with Gasteiger partial charge in [-0.2, -0.15) is 0 Å². The Morgan fingerprint density at radius 2 is 2.00 bits per heavy atom. The van der Waals surface area contributed by atoms with Gasteiger partial charge in [0.1, 0.15) is 11.6 Å². The fraction of sp³-hybridized carbons (Fsp3) is 0.312. The summed E-state index contributed by atoms with van der Waals surface area (Å²) in [6, 6.07) is 1.67. The van der Waals surface area contributed by atoms with E-state index in [1.807, 2.05) is 6.92 Å². The molecule has 0 bridgehead atoms. The monoisotopic (exact) mass is 350 g/mol. The first kappa shape index (κ1) is 18.5. The highest BCUT2D eigenvalue weighted by atomic mass is 19.1. The minimum absolute atomic E-state index is 0.0108. The van der Waals surface area contributed by atoms with Crippen LogP contribution in [0.5, 0.6) is 0 Å². The van der Waals surface area contributed by atoms with Crippen LogP contribution in [-0.2, 0) is 0 Å². The Labute approximate surface area is 143 Å². The zero-order valence-corrected chi connectivity index (χ0v) is 13.9. The van der Waals surface area contributed by atoms with Crippen molar-refractivity contribution < 1.29 is 13.6 Å². The Hall–Kier alpha value is -2.81. The molecule has 2 aromatic heterocycles. The third-order valence-corrected chi connectivity index (χ3v) is 3.61. The number of nitrogens with zero attached hydrogens (tertiary/aromatic N) is 2. The molecule has 1 amide bonds. The van der Waals surface area contributed by atoms with Gasteiger partial charge in [0, 0.05) is 18.2 Å². The van der Waals surface area contributed by atoms with Gasteiger partial charge in [-0.25, -0.2) is 13.8 Å². The lowest BCUT2D eigenvalue weighted by Gasteiger charge is -2.22. The van der Waals surface area contributed by atoms with Gasteiger partial charge in [-0.3, -0.25) is 9.78 Å². The highest BCUT2D eigenvalue weighted by Crippen LogP contribution is 2.24. The van der Waals surface area contributed by atoms with E-state index in [-0.39, 0.29) is 35.0 Å². The summed E-state index contributed by atoms with van der Waals surface area (Å²) in [5.74, 6) is -2.28. The first-order chi connectivity index (χ1) is 11.8. The third-order valence-electron chi connectivity index (χ3n) is 3.61. The van der Waals surface area contributed by atoms with Gasteiger partial charge < -0.3 is 22.1 Å². The van der Waals surface area contributed by atoms with Crippen molar-refractivity contribution in [2.75, 3.05) is 10.6 Å². The largest absolute Gasteiger partial charge is 0.365 e. The molecule has 0 aliphatic heterocycles. The van der Waals surface area contributed by atoms with Crippen LogP contribution >= 0.6 is 0 Å². The summed E-state index contributed by atoms with van der Waals surface area (Å²) in [6.45, 7) is 3.68. The van der Waals surface area contributed by atoms with Gasteiger partial charge in [0.05, 0.1) is 23.6 Å². The van der Waals surface area contributed by atoms with E-state index in [1.165, 1.54) is 6.20 Å². The number of anilines is 3. The highest BCUT2D eigenvalue weighted by Gasteiger charge is 2.19. The molecule has 7 nitrogen and oxygen atoms in total. The number of carbonyl (C=O) groups excluding carboxylic acids is 1. The predicted octanol–water partition coefficient (Wildman–Crippen LogP) is 2.13. The van der Waals surface area contributed by atoms with Crippen molar-refractivity contribution in [2.45, 2.75) is 32.4 Å². The zero-order chi connectivity index (χ0) is 18.6. The standard InChI is InChI=1S/C16H20F2N6O/c1-3-13(8(2)19)23-16-12(18)5-11(14(20)25)15(24-16)22-10-4-9(17)6-21-7-10/h4-8,13H,3,19H2,1-2H3,(H2,20,25)(H2,22,23,24)/t8-,13+/m0/s1. The first-order valence-electron chi connectivity index (χ1n) is 7.71. The van der Waals surface area contributed by atoms with E-state index in [2.05, 4.69) is 20.6 Å². The number of hydrogen-bond donors (Lipinski definition) is 4. The summed E-state index contributed by atoms with van der Waals surface area (Å²) < 4.78 is 27.6. The van der Waals surface area contributed by atoms with E-state index >= 15 is 0 Å². The quantitative estimate of drug-likeness (QED) is 0.607. The van der Waals surface area contributed by atoms with Crippen molar-refractivity contribution in [3.8, 4) is 0 Å². The summed E-state index contributed by atoms with van der Waals surface area (Å²) >= 11 is 0. The molecule has 0 unspecified atom stereocenters. The van der Waals surface area contributed by atoms with Gasteiger partial charge in [0.2, 0.25) is 0 Å². The van der Waals surface area contributed by atoms with Crippen molar-refractivity contribution in [3.63, 3.8) is 0 Å². The van der Waals surface area contributed by atoms with E-state index < -0.39 is 17.5 Å². The Kier molecular flexibility index (Phi) is 5.81. The third kappa shape index (κ3) is 4.60. The summed E-state index contributed by atoms with van der Waals surface area (Å²) in [5, 5.41) is 5.64. The molecule has 0 aliphatic carbocycles. The van der Waals surface area contributed by atoms with Crippen molar-refractivity contribution in [1.29, 1.82) is 0 Å². The average Bonchev–Trinajstić information content (AvgIpc) is 2.54. The minimum Gasteiger partial charge on any atom is -0.365 e. The number of nitrogens with two attached hydrogens (primary N) is 2. The number of primary amides is 1. The second-order valence-electron chi connectivity index (χ2n) is 5.61. The van der Waals surface area contributed by atoms with Crippen LogP contribution in [0.1, 0.15) is 30.6 Å². The van der Waals surface area contributed by atoms with Crippen LogP contribution in [0.3, 0.4) is 0 Å². The molecule has 6 N–H and O–H groups in total. The van der Waals surface area contributed by atoms with Crippen LogP contribution in [0.2, 0.25) is 0 Å². The number of hydrogen-bond acceptors (Lipinski definition) is 6. The molecule has 9 heteroatoms. The maximum Gasteiger partial charge on any atom is 0.252 e. The number of aromatic nitrogens is 2. The van der Waals surface area contributed by atoms with Gasteiger partial charge in [-0.15, -0.1) is 0 Å². The van der Waals surface area contributed by atoms with Crippen molar-refractivity contribution >= 4 is 23.2 Å². The van der Waals surface area contributed by atoms with Crippen molar-refractivity contribution in [2.24, 2.45) is 11.5 Å². The highest BCUT2D eigenvalue weighted by molar-refractivity contribution is 5.98. The number of nitrogens with one attached hydrogen (secondary N) is 2. The first-order valence-corrected chi connectivity index (χ1v) is 7.71. The Bertz CT molecular complexity index is 768. The number of amides is 1. The van der Waals surface area contributed by atoms with Gasteiger partial charge >= 0.3 is 0 Å². The Morgan fingerprint density at radius 3 is 2.56 bits per heavy atom. The van der Waals surface area contributed by atoms with Gasteiger partial charge in [-0.05, 0) is 19.4 Å². The van der Waals surface area contributed by atoms with Crippen molar-refractivity contribution in [1.82, 2.24) is 9.97 Å². The van der Waals surface area contributed by atoms with Crippen LogP contribution in [0.15, 0.2) is 24.5 Å². The molecular weight excluding hydrogens is 330 g/mol. The topological polar surface area (TPSA) is 119 Å². The molecule has 0 fully saturated rings. The van der Waals surface area contributed by atoms with E-state index in [0.29, 0.717) is 6.42 Å². The summed E-state index contributed by atoms with van der Waals surface area (Å²) in [4.78, 5) is 19.4. The maximum atomic E-state index is 14.3. The molecule has 0 spiro atoms.